The molecule has 0 amide bonds. The van der Waals surface area contributed by atoms with Crippen LogP contribution in [0, 0.1) is 18.3 Å². The van der Waals surface area contributed by atoms with Crippen LogP contribution in [0.15, 0.2) is 18.2 Å². The first-order chi connectivity index (χ1) is 10.8. The molecule has 4 rings (SSSR count). The number of fused-ring (bicyclic) bond motifs is 3. The Kier molecular flexibility index (Phi) is 2.91. The van der Waals surface area contributed by atoms with Crippen molar-refractivity contribution in [1.82, 2.24) is 24.9 Å². The average molecular weight is 293 g/mol. The van der Waals surface area contributed by atoms with Crippen LogP contribution in [0.2, 0.25) is 0 Å². The van der Waals surface area contributed by atoms with Crippen molar-refractivity contribution < 1.29 is 0 Å². The van der Waals surface area contributed by atoms with Crippen LogP contribution in [-0.2, 0) is 0 Å². The van der Waals surface area contributed by atoms with Gasteiger partial charge in [-0.2, -0.15) is 9.78 Å². The Hall–Kier alpha value is -2.72. The Bertz CT molecular complexity index is 900. The SMILES string of the molecule is Cc1nc2c3cc(C#N)ccc3nc(N3CCNCC3)n2n1. The normalized spacial score (nSPS) is 15.4. The third-order valence-corrected chi connectivity index (χ3v) is 3.89. The number of benzene rings is 1. The maximum atomic E-state index is 9.10. The number of hydrogen-bond acceptors (Lipinski definition) is 6. The molecular weight excluding hydrogens is 278 g/mol. The van der Waals surface area contributed by atoms with E-state index >= 15 is 0 Å². The van der Waals surface area contributed by atoms with Crippen molar-refractivity contribution in [2.45, 2.75) is 6.92 Å². The molecule has 0 saturated carbocycles. The van der Waals surface area contributed by atoms with Gasteiger partial charge in [0.15, 0.2) is 5.65 Å². The minimum absolute atomic E-state index is 0.603. The van der Waals surface area contributed by atoms with Gasteiger partial charge in [-0.25, -0.2) is 9.97 Å². The molecule has 0 bridgehead atoms. The van der Waals surface area contributed by atoms with Gasteiger partial charge in [0.05, 0.1) is 17.1 Å². The van der Waals surface area contributed by atoms with Crippen molar-refractivity contribution in [3.05, 3.63) is 29.6 Å². The first-order valence-electron chi connectivity index (χ1n) is 7.29. The minimum atomic E-state index is 0.603. The molecule has 3 heterocycles. The lowest BCUT2D eigenvalue weighted by Crippen LogP contribution is -2.44. The molecule has 7 nitrogen and oxygen atoms in total. The standard InChI is InChI=1S/C15H15N7/c1-10-18-14-12-8-11(9-16)2-3-13(12)19-15(22(14)20-10)21-6-4-17-5-7-21/h2-3,8,17H,4-7H2,1H3. The fourth-order valence-corrected chi connectivity index (χ4v) is 2.84. The number of aryl methyl sites for hydroxylation is 1. The highest BCUT2D eigenvalue weighted by molar-refractivity contribution is 5.93. The summed E-state index contributed by atoms with van der Waals surface area (Å²) in [5.74, 6) is 1.52. The first kappa shape index (κ1) is 13.0. The number of nitriles is 1. The molecule has 1 fully saturated rings. The Morgan fingerprint density at radius 2 is 2.05 bits per heavy atom. The van der Waals surface area contributed by atoms with Crippen molar-refractivity contribution in [2.75, 3.05) is 31.1 Å². The van der Waals surface area contributed by atoms with Crippen LogP contribution in [0.1, 0.15) is 11.4 Å². The highest BCUT2D eigenvalue weighted by atomic mass is 15.4. The van der Waals surface area contributed by atoms with Crippen molar-refractivity contribution in [1.29, 1.82) is 5.26 Å². The number of nitrogens with zero attached hydrogens (tertiary/aromatic N) is 6. The summed E-state index contributed by atoms with van der Waals surface area (Å²) in [6, 6.07) is 7.66. The minimum Gasteiger partial charge on any atom is -0.338 e. The highest BCUT2D eigenvalue weighted by Gasteiger charge is 2.19. The maximum Gasteiger partial charge on any atom is 0.229 e. The molecule has 22 heavy (non-hydrogen) atoms. The zero-order valence-electron chi connectivity index (χ0n) is 12.2. The van der Waals surface area contributed by atoms with Gasteiger partial charge in [-0.3, -0.25) is 0 Å². The number of aromatic nitrogens is 4. The summed E-state index contributed by atoms with van der Waals surface area (Å²) in [5.41, 5.74) is 2.20. The quantitative estimate of drug-likeness (QED) is 0.717. The van der Waals surface area contributed by atoms with E-state index in [1.54, 1.807) is 10.6 Å². The van der Waals surface area contributed by atoms with Crippen molar-refractivity contribution in [2.24, 2.45) is 0 Å². The number of anilines is 1. The first-order valence-corrected chi connectivity index (χ1v) is 7.29. The Labute approximate surface area is 127 Å². The summed E-state index contributed by atoms with van der Waals surface area (Å²) < 4.78 is 1.80. The summed E-state index contributed by atoms with van der Waals surface area (Å²) in [5, 5.41) is 17.8. The van der Waals surface area contributed by atoms with Gasteiger partial charge in [0.25, 0.3) is 0 Å². The third kappa shape index (κ3) is 1.96. The van der Waals surface area contributed by atoms with Gasteiger partial charge >= 0.3 is 0 Å². The molecule has 0 spiro atoms. The lowest BCUT2D eigenvalue weighted by molar-refractivity contribution is 0.575. The summed E-state index contributed by atoms with van der Waals surface area (Å²) in [7, 11) is 0. The molecule has 2 aromatic heterocycles. The van der Waals surface area contributed by atoms with Gasteiger partial charge in [0, 0.05) is 31.6 Å². The molecule has 3 aromatic rings. The molecule has 1 saturated heterocycles. The fourth-order valence-electron chi connectivity index (χ4n) is 2.84. The van der Waals surface area contributed by atoms with Gasteiger partial charge in [0.2, 0.25) is 5.95 Å². The molecule has 0 aliphatic carbocycles. The third-order valence-electron chi connectivity index (χ3n) is 3.89. The van der Waals surface area contributed by atoms with E-state index in [0.29, 0.717) is 11.4 Å². The zero-order valence-corrected chi connectivity index (χ0v) is 12.2. The second-order valence-electron chi connectivity index (χ2n) is 5.39. The van der Waals surface area contributed by atoms with Crippen molar-refractivity contribution >= 4 is 22.5 Å². The van der Waals surface area contributed by atoms with Crippen molar-refractivity contribution in [3.8, 4) is 6.07 Å². The highest BCUT2D eigenvalue weighted by Crippen LogP contribution is 2.24. The van der Waals surface area contributed by atoms with E-state index in [4.69, 9.17) is 10.2 Å². The van der Waals surface area contributed by atoms with Crippen LogP contribution < -0.4 is 10.2 Å². The average Bonchev–Trinajstić information content (AvgIpc) is 2.96. The lowest BCUT2D eigenvalue weighted by Gasteiger charge is -2.28. The fraction of sp³-hybridized carbons (Fsp3) is 0.333. The van der Waals surface area contributed by atoms with Crippen LogP contribution in [0.5, 0.6) is 0 Å². The van der Waals surface area contributed by atoms with Crippen LogP contribution >= 0.6 is 0 Å². The number of piperazine rings is 1. The molecule has 1 N–H and O–H groups in total. The predicted octanol–water partition coefficient (Wildman–Crippen LogP) is 0.867. The largest absolute Gasteiger partial charge is 0.338 e. The predicted molar refractivity (Wildman–Crippen MR) is 82.8 cm³/mol. The summed E-state index contributed by atoms with van der Waals surface area (Å²) in [4.78, 5) is 11.5. The second kappa shape index (κ2) is 4.93. The van der Waals surface area contributed by atoms with E-state index in [0.717, 1.165) is 48.7 Å². The van der Waals surface area contributed by atoms with E-state index < -0.39 is 0 Å². The maximum absolute atomic E-state index is 9.10. The van der Waals surface area contributed by atoms with Gasteiger partial charge in [-0.05, 0) is 25.1 Å². The van der Waals surface area contributed by atoms with E-state index in [1.807, 2.05) is 19.1 Å². The summed E-state index contributed by atoms with van der Waals surface area (Å²) in [6.07, 6.45) is 0. The van der Waals surface area contributed by atoms with Gasteiger partial charge < -0.3 is 10.2 Å². The molecule has 1 aliphatic rings. The molecule has 0 unspecified atom stereocenters. The van der Waals surface area contributed by atoms with E-state index in [2.05, 4.69) is 26.4 Å². The van der Waals surface area contributed by atoms with Crippen LogP contribution in [0.25, 0.3) is 16.6 Å². The van der Waals surface area contributed by atoms with Gasteiger partial charge in [-0.15, -0.1) is 5.10 Å². The molecule has 1 aliphatic heterocycles. The summed E-state index contributed by atoms with van der Waals surface area (Å²) in [6.45, 7) is 5.52. The molecule has 1 aromatic carbocycles. The zero-order chi connectivity index (χ0) is 15.1. The van der Waals surface area contributed by atoms with E-state index in [-0.39, 0.29) is 0 Å². The smallest absolute Gasteiger partial charge is 0.229 e. The van der Waals surface area contributed by atoms with Crippen LogP contribution in [-0.4, -0.2) is 45.8 Å². The Morgan fingerprint density at radius 3 is 2.82 bits per heavy atom. The van der Waals surface area contributed by atoms with Crippen molar-refractivity contribution in [3.63, 3.8) is 0 Å². The monoisotopic (exact) mass is 293 g/mol. The molecule has 7 heteroatoms. The molecule has 0 atom stereocenters. The van der Waals surface area contributed by atoms with Crippen LogP contribution in [0.3, 0.4) is 0 Å². The lowest BCUT2D eigenvalue weighted by atomic mass is 10.1. The Morgan fingerprint density at radius 1 is 1.23 bits per heavy atom. The molecule has 110 valence electrons. The number of hydrogen-bond donors (Lipinski definition) is 1. The molecular formula is C15H15N7. The second-order valence-corrected chi connectivity index (χ2v) is 5.39. The topological polar surface area (TPSA) is 82.1 Å². The molecule has 0 radical (unpaired) electrons. The Balaban J connectivity index is 2.01. The van der Waals surface area contributed by atoms with Gasteiger partial charge in [-0.1, -0.05) is 0 Å². The van der Waals surface area contributed by atoms with Crippen LogP contribution in [0.4, 0.5) is 5.95 Å². The van der Waals surface area contributed by atoms with E-state index in [9.17, 15) is 0 Å². The number of nitrogens with one attached hydrogen (secondary N) is 1. The number of rotatable bonds is 1. The van der Waals surface area contributed by atoms with Gasteiger partial charge in [0.1, 0.15) is 5.82 Å². The summed E-state index contributed by atoms with van der Waals surface area (Å²) >= 11 is 0. The van der Waals surface area contributed by atoms with E-state index in [1.165, 1.54) is 0 Å².